The molecule has 7 nitrogen and oxygen atoms in total. The maximum Gasteiger partial charge on any atom is 0.404 e. The maximum atomic E-state index is 13.3. The molecule has 0 fully saturated rings. The molecule has 3 N–H and O–H groups in total. The first kappa shape index (κ1) is 20.8. The van der Waals surface area contributed by atoms with Crippen molar-refractivity contribution >= 4 is 28.6 Å². The molecule has 0 bridgehead atoms. The van der Waals surface area contributed by atoms with Crippen LogP contribution in [0.15, 0.2) is 53.3 Å². The van der Waals surface area contributed by atoms with Gasteiger partial charge in [0.15, 0.2) is 0 Å². The topological polar surface area (TPSA) is 96.2 Å². The van der Waals surface area contributed by atoms with E-state index in [0.717, 1.165) is 5.56 Å². The van der Waals surface area contributed by atoms with E-state index < -0.39 is 6.09 Å². The predicted octanol–water partition coefficient (Wildman–Crippen LogP) is 3.41. The van der Waals surface area contributed by atoms with Crippen molar-refractivity contribution in [2.24, 2.45) is 0 Å². The fourth-order valence-corrected chi connectivity index (χ4v) is 3.40. The molecule has 1 aromatic heterocycles. The van der Waals surface area contributed by atoms with Gasteiger partial charge in [-0.25, -0.2) is 9.78 Å². The van der Waals surface area contributed by atoms with Crippen LogP contribution in [0.4, 0.5) is 4.79 Å². The molecule has 0 saturated carbocycles. The third-order valence-corrected chi connectivity index (χ3v) is 4.88. The Morgan fingerprint density at radius 1 is 1.21 bits per heavy atom. The number of fused-ring (bicyclic) bond motifs is 1. The highest BCUT2D eigenvalue weighted by atomic mass is 35.5. The summed E-state index contributed by atoms with van der Waals surface area (Å²) in [6, 6.07) is 14.6. The molecule has 2 aromatic carbocycles. The lowest BCUT2D eigenvalue weighted by Crippen LogP contribution is -2.36. The molecule has 0 radical (unpaired) electrons. The van der Waals surface area contributed by atoms with Gasteiger partial charge in [-0.2, -0.15) is 0 Å². The van der Waals surface area contributed by atoms with E-state index in [1.807, 2.05) is 37.3 Å². The lowest BCUT2D eigenvalue weighted by atomic mass is 10.1. The Morgan fingerprint density at radius 3 is 2.66 bits per heavy atom. The Bertz CT molecular complexity index is 1050. The van der Waals surface area contributed by atoms with Crippen LogP contribution in [-0.2, 0) is 6.54 Å². The van der Waals surface area contributed by atoms with E-state index >= 15 is 0 Å². The van der Waals surface area contributed by atoms with Gasteiger partial charge in [0, 0.05) is 18.1 Å². The van der Waals surface area contributed by atoms with Crippen LogP contribution in [0.5, 0.6) is 0 Å². The van der Waals surface area contributed by atoms with Crippen LogP contribution >= 0.6 is 11.6 Å². The highest BCUT2D eigenvalue weighted by Crippen LogP contribution is 2.20. The number of carbonyl (C=O) groups is 1. The summed E-state index contributed by atoms with van der Waals surface area (Å²) in [5.41, 5.74) is 1.41. The van der Waals surface area contributed by atoms with Gasteiger partial charge in [-0.15, -0.1) is 0 Å². The summed E-state index contributed by atoms with van der Waals surface area (Å²) in [5.74, 6) is 0.603. The normalized spacial score (nSPS) is 12.1. The molecule has 1 atom stereocenters. The quantitative estimate of drug-likeness (QED) is 0.491. The van der Waals surface area contributed by atoms with Crippen molar-refractivity contribution in [3.63, 3.8) is 0 Å². The summed E-state index contributed by atoms with van der Waals surface area (Å²) in [5, 5.41) is 15.4. The Kier molecular flexibility index (Phi) is 6.85. The smallest absolute Gasteiger partial charge is 0.404 e. The van der Waals surface area contributed by atoms with Gasteiger partial charge >= 0.3 is 6.09 Å². The van der Waals surface area contributed by atoms with Gasteiger partial charge in [0.2, 0.25) is 0 Å². The number of rotatable bonds is 8. The Morgan fingerprint density at radius 2 is 1.97 bits per heavy atom. The zero-order chi connectivity index (χ0) is 20.8. The summed E-state index contributed by atoms with van der Waals surface area (Å²) in [6.45, 7) is 3.06. The Labute approximate surface area is 173 Å². The lowest BCUT2D eigenvalue weighted by molar-refractivity contribution is 0.194. The average Bonchev–Trinajstić information content (AvgIpc) is 2.71. The van der Waals surface area contributed by atoms with Crippen LogP contribution in [0.2, 0.25) is 5.02 Å². The Balaban J connectivity index is 2.02. The molecule has 0 aliphatic carbocycles. The van der Waals surface area contributed by atoms with E-state index in [1.54, 1.807) is 22.8 Å². The number of carboxylic acid groups (broad SMARTS) is 1. The second kappa shape index (κ2) is 9.54. The molecule has 3 aromatic rings. The van der Waals surface area contributed by atoms with E-state index in [-0.39, 0.29) is 18.1 Å². The predicted molar refractivity (Wildman–Crippen MR) is 114 cm³/mol. The fraction of sp³-hybridized carbons (Fsp3) is 0.286. The third-order valence-electron chi connectivity index (χ3n) is 4.64. The van der Waals surface area contributed by atoms with E-state index in [4.69, 9.17) is 21.7 Å². The van der Waals surface area contributed by atoms with Crippen molar-refractivity contribution in [3.05, 3.63) is 75.3 Å². The number of nitrogens with one attached hydrogen (secondary N) is 2. The molecule has 1 amide bonds. The fourth-order valence-electron chi connectivity index (χ4n) is 3.23. The van der Waals surface area contributed by atoms with Gasteiger partial charge in [-0.05, 0) is 30.2 Å². The van der Waals surface area contributed by atoms with E-state index in [0.29, 0.717) is 41.3 Å². The van der Waals surface area contributed by atoms with E-state index in [1.165, 1.54) is 0 Å². The first-order chi connectivity index (χ1) is 14.0. The third kappa shape index (κ3) is 5.13. The Hall–Kier alpha value is -2.90. The van der Waals surface area contributed by atoms with Crippen molar-refractivity contribution < 1.29 is 9.90 Å². The standard InChI is InChI=1S/C21H23ClN4O3/c1-2-17(23-10-11-24-21(28)29)19-25-18-12-15(22)8-9-16(18)20(27)26(19)13-14-6-4-3-5-7-14/h3-9,12,17,23-24H,2,10-11,13H2,1H3,(H,28,29). The number of aromatic nitrogens is 2. The van der Waals surface area contributed by atoms with E-state index in [9.17, 15) is 9.59 Å². The van der Waals surface area contributed by atoms with Gasteiger partial charge in [0.05, 0.1) is 23.5 Å². The molecule has 3 rings (SSSR count). The lowest BCUT2D eigenvalue weighted by Gasteiger charge is -2.22. The summed E-state index contributed by atoms with van der Waals surface area (Å²) >= 11 is 6.11. The van der Waals surface area contributed by atoms with Gasteiger partial charge in [0.25, 0.3) is 5.56 Å². The van der Waals surface area contributed by atoms with Gasteiger partial charge in [0.1, 0.15) is 5.82 Å². The molecule has 29 heavy (non-hydrogen) atoms. The van der Waals surface area contributed by atoms with Crippen molar-refractivity contribution in [1.82, 2.24) is 20.2 Å². The highest BCUT2D eigenvalue weighted by molar-refractivity contribution is 6.31. The van der Waals surface area contributed by atoms with Gasteiger partial charge < -0.3 is 15.7 Å². The summed E-state index contributed by atoms with van der Waals surface area (Å²) in [6.07, 6.45) is -0.389. The van der Waals surface area contributed by atoms with Crippen LogP contribution < -0.4 is 16.2 Å². The SMILES string of the molecule is CCC(NCCNC(=O)O)c1nc2cc(Cl)ccc2c(=O)n1Cc1ccccc1. The van der Waals surface area contributed by atoms with Gasteiger partial charge in [-0.3, -0.25) is 9.36 Å². The molecule has 152 valence electrons. The number of hydrogen-bond donors (Lipinski definition) is 3. The summed E-state index contributed by atoms with van der Waals surface area (Å²) in [4.78, 5) is 28.7. The second-order valence-corrected chi connectivity index (χ2v) is 7.09. The summed E-state index contributed by atoms with van der Waals surface area (Å²) < 4.78 is 1.68. The number of amides is 1. The molecule has 0 saturated heterocycles. The largest absolute Gasteiger partial charge is 0.465 e. The molecule has 0 aliphatic heterocycles. The van der Waals surface area contributed by atoms with Crippen molar-refractivity contribution in [2.75, 3.05) is 13.1 Å². The maximum absolute atomic E-state index is 13.3. The number of halogens is 1. The molecule has 1 unspecified atom stereocenters. The van der Waals surface area contributed by atoms with Crippen LogP contribution in [0.25, 0.3) is 10.9 Å². The van der Waals surface area contributed by atoms with Crippen LogP contribution in [0, 0.1) is 0 Å². The molecule has 0 spiro atoms. The number of benzene rings is 2. The van der Waals surface area contributed by atoms with Crippen LogP contribution in [0.3, 0.4) is 0 Å². The minimum atomic E-state index is -1.07. The minimum Gasteiger partial charge on any atom is -0.465 e. The molecule has 0 aliphatic rings. The van der Waals surface area contributed by atoms with Crippen molar-refractivity contribution in [2.45, 2.75) is 25.9 Å². The number of hydrogen-bond acceptors (Lipinski definition) is 4. The minimum absolute atomic E-state index is 0.130. The summed E-state index contributed by atoms with van der Waals surface area (Å²) in [7, 11) is 0. The van der Waals surface area contributed by atoms with Gasteiger partial charge in [-0.1, -0.05) is 48.9 Å². The van der Waals surface area contributed by atoms with Crippen LogP contribution in [0.1, 0.15) is 30.8 Å². The first-order valence-corrected chi connectivity index (χ1v) is 9.81. The average molecular weight is 415 g/mol. The molecule has 1 heterocycles. The number of nitrogens with zero attached hydrogens (tertiary/aromatic N) is 2. The van der Waals surface area contributed by atoms with Crippen molar-refractivity contribution in [3.8, 4) is 0 Å². The zero-order valence-electron chi connectivity index (χ0n) is 16.1. The molecular weight excluding hydrogens is 392 g/mol. The highest BCUT2D eigenvalue weighted by Gasteiger charge is 2.19. The molecule has 8 heteroatoms. The first-order valence-electron chi connectivity index (χ1n) is 9.43. The van der Waals surface area contributed by atoms with E-state index in [2.05, 4.69) is 10.6 Å². The monoisotopic (exact) mass is 414 g/mol. The zero-order valence-corrected chi connectivity index (χ0v) is 16.8. The molecular formula is C21H23ClN4O3. The van der Waals surface area contributed by atoms with Crippen LogP contribution in [-0.4, -0.2) is 33.8 Å². The van der Waals surface area contributed by atoms with Crippen molar-refractivity contribution in [1.29, 1.82) is 0 Å². The second-order valence-electron chi connectivity index (χ2n) is 6.66.